The Kier molecular flexibility index (Phi) is 5.74. The molecule has 1 saturated heterocycles. The summed E-state index contributed by atoms with van der Waals surface area (Å²) in [4.78, 5) is 13.0. The summed E-state index contributed by atoms with van der Waals surface area (Å²) in [6.07, 6.45) is 1.78. The summed E-state index contributed by atoms with van der Waals surface area (Å²) < 4.78 is 27.1. The van der Waals surface area contributed by atoms with Gasteiger partial charge in [0.05, 0.1) is 4.90 Å². The predicted octanol–water partition coefficient (Wildman–Crippen LogP) is 4.06. The molecule has 3 aromatic carbocycles. The van der Waals surface area contributed by atoms with E-state index in [4.69, 9.17) is 0 Å². The van der Waals surface area contributed by atoms with Crippen molar-refractivity contribution in [2.24, 2.45) is 0 Å². The number of nitrogens with one attached hydrogen (secondary N) is 2. The molecule has 30 heavy (non-hydrogen) atoms. The molecule has 4 rings (SSSR count). The maximum Gasteiger partial charge on any atom is 0.246 e. The van der Waals surface area contributed by atoms with E-state index < -0.39 is 16.1 Å². The number of fused-ring (bicyclic) bond motifs is 1. The molecule has 1 aliphatic rings. The molecule has 1 fully saturated rings. The van der Waals surface area contributed by atoms with Crippen molar-refractivity contribution in [3.8, 4) is 0 Å². The van der Waals surface area contributed by atoms with Crippen LogP contribution in [0.3, 0.4) is 0 Å². The van der Waals surface area contributed by atoms with E-state index in [-0.39, 0.29) is 10.8 Å². The SMILES string of the molecule is C[C@@H](Nc1cccc(S(=O)(=O)N2CCCC2)c1)C(=O)Nc1cccc2ccccc12. The Morgan fingerprint density at radius 3 is 2.47 bits per heavy atom. The quantitative estimate of drug-likeness (QED) is 0.627. The second-order valence-corrected chi connectivity index (χ2v) is 9.46. The number of hydrogen-bond donors (Lipinski definition) is 2. The average Bonchev–Trinajstić information content (AvgIpc) is 3.30. The van der Waals surface area contributed by atoms with E-state index in [0.717, 1.165) is 29.3 Å². The summed E-state index contributed by atoms with van der Waals surface area (Å²) in [5.74, 6) is -0.195. The van der Waals surface area contributed by atoms with E-state index >= 15 is 0 Å². The van der Waals surface area contributed by atoms with Gasteiger partial charge in [-0.05, 0) is 49.4 Å². The molecular formula is C23H25N3O3S. The van der Waals surface area contributed by atoms with Crippen LogP contribution in [0.5, 0.6) is 0 Å². The number of benzene rings is 3. The van der Waals surface area contributed by atoms with Crippen molar-refractivity contribution >= 4 is 38.1 Å². The van der Waals surface area contributed by atoms with Crippen LogP contribution in [0, 0.1) is 0 Å². The van der Waals surface area contributed by atoms with Gasteiger partial charge < -0.3 is 10.6 Å². The number of rotatable bonds is 6. The Balaban J connectivity index is 1.48. The van der Waals surface area contributed by atoms with Gasteiger partial charge in [0, 0.05) is 29.9 Å². The number of nitrogens with zero attached hydrogens (tertiary/aromatic N) is 1. The summed E-state index contributed by atoms with van der Waals surface area (Å²) in [7, 11) is -3.50. The fourth-order valence-electron chi connectivity index (χ4n) is 3.71. The van der Waals surface area contributed by atoms with Crippen LogP contribution in [-0.4, -0.2) is 37.8 Å². The Bertz CT molecular complexity index is 1170. The zero-order valence-corrected chi connectivity index (χ0v) is 17.7. The predicted molar refractivity (Wildman–Crippen MR) is 120 cm³/mol. The first-order valence-corrected chi connectivity index (χ1v) is 11.5. The van der Waals surface area contributed by atoms with Crippen molar-refractivity contribution < 1.29 is 13.2 Å². The number of amides is 1. The van der Waals surface area contributed by atoms with E-state index in [1.807, 2.05) is 42.5 Å². The number of hydrogen-bond acceptors (Lipinski definition) is 4. The van der Waals surface area contributed by atoms with Crippen molar-refractivity contribution in [2.45, 2.75) is 30.7 Å². The first kappa shape index (κ1) is 20.4. The maximum absolute atomic E-state index is 12.8. The van der Waals surface area contributed by atoms with Crippen LogP contribution in [0.1, 0.15) is 19.8 Å². The molecular weight excluding hydrogens is 398 g/mol. The van der Waals surface area contributed by atoms with E-state index in [0.29, 0.717) is 18.8 Å². The van der Waals surface area contributed by atoms with Gasteiger partial charge in [0.2, 0.25) is 15.9 Å². The lowest BCUT2D eigenvalue weighted by atomic mass is 10.1. The van der Waals surface area contributed by atoms with Gasteiger partial charge in [0.1, 0.15) is 6.04 Å². The van der Waals surface area contributed by atoms with Crippen molar-refractivity contribution in [1.29, 1.82) is 0 Å². The fourth-order valence-corrected chi connectivity index (χ4v) is 5.28. The zero-order valence-electron chi connectivity index (χ0n) is 16.8. The van der Waals surface area contributed by atoms with Gasteiger partial charge in [-0.2, -0.15) is 4.31 Å². The van der Waals surface area contributed by atoms with E-state index in [1.165, 1.54) is 4.31 Å². The minimum Gasteiger partial charge on any atom is -0.374 e. The minimum absolute atomic E-state index is 0.195. The average molecular weight is 424 g/mol. The van der Waals surface area contributed by atoms with Gasteiger partial charge in [-0.1, -0.05) is 42.5 Å². The van der Waals surface area contributed by atoms with Crippen LogP contribution in [0.25, 0.3) is 10.8 Å². The van der Waals surface area contributed by atoms with Gasteiger partial charge in [0.25, 0.3) is 0 Å². The van der Waals surface area contributed by atoms with Crippen LogP contribution in [-0.2, 0) is 14.8 Å². The molecule has 1 atom stereocenters. The molecule has 156 valence electrons. The summed E-state index contributed by atoms with van der Waals surface area (Å²) in [5.41, 5.74) is 1.34. The molecule has 1 aliphatic heterocycles. The Morgan fingerprint density at radius 1 is 0.967 bits per heavy atom. The molecule has 0 spiro atoms. The van der Waals surface area contributed by atoms with Gasteiger partial charge in [-0.3, -0.25) is 4.79 Å². The third-order valence-electron chi connectivity index (χ3n) is 5.36. The molecule has 6 nitrogen and oxygen atoms in total. The van der Waals surface area contributed by atoms with Crippen LogP contribution in [0.15, 0.2) is 71.6 Å². The first-order chi connectivity index (χ1) is 14.4. The molecule has 0 aliphatic carbocycles. The van der Waals surface area contributed by atoms with Crippen molar-refractivity contribution in [2.75, 3.05) is 23.7 Å². The second kappa shape index (κ2) is 8.45. The largest absolute Gasteiger partial charge is 0.374 e. The Hall–Kier alpha value is -2.90. The topological polar surface area (TPSA) is 78.5 Å². The first-order valence-electron chi connectivity index (χ1n) is 10.1. The summed E-state index contributed by atoms with van der Waals surface area (Å²) in [6.45, 7) is 2.87. The smallest absolute Gasteiger partial charge is 0.246 e. The third kappa shape index (κ3) is 4.17. The fraction of sp³-hybridized carbons (Fsp3) is 0.261. The van der Waals surface area contributed by atoms with E-state index in [9.17, 15) is 13.2 Å². The van der Waals surface area contributed by atoms with Crippen LogP contribution < -0.4 is 10.6 Å². The van der Waals surface area contributed by atoms with Crippen LogP contribution >= 0.6 is 0 Å². The number of anilines is 2. The zero-order chi connectivity index (χ0) is 21.1. The highest BCUT2D eigenvalue weighted by molar-refractivity contribution is 7.89. The molecule has 1 heterocycles. The molecule has 7 heteroatoms. The van der Waals surface area contributed by atoms with E-state index in [1.54, 1.807) is 31.2 Å². The molecule has 3 aromatic rings. The van der Waals surface area contributed by atoms with Crippen LogP contribution in [0.4, 0.5) is 11.4 Å². The van der Waals surface area contributed by atoms with Crippen molar-refractivity contribution in [3.05, 3.63) is 66.7 Å². The molecule has 0 saturated carbocycles. The highest BCUT2D eigenvalue weighted by Gasteiger charge is 2.27. The second-order valence-electron chi connectivity index (χ2n) is 7.52. The van der Waals surface area contributed by atoms with Gasteiger partial charge in [-0.25, -0.2) is 8.42 Å². The lowest BCUT2D eigenvalue weighted by Gasteiger charge is -2.18. The third-order valence-corrected chi connectivity index (χ3v) is 7.26. The van der Waals surface area contributed by atoms with Crippen molar-refractivity contribution in [3.63, 3.8) is 0 Å². The van der Waals surface area contributed by atoms with Crippen molar-refractivity contribution in [1.82, 2.24) is 4.31 Å². The van der Waals surface area contributed by atoms with Crippen LogP contribution in [0.2, 0.25) is 0 Å². The maximum atomic E-state index is 12.8. The number of sulfonamides is 1. The van der Waals surface area contributed by atoms with E-state index in [2.05, 4.69) is 10.6 Å². The molecule has 0 bridgehead atoms. The highest BCUT2D eigenvalue weighted by atomic mass is 32.2. The number of carbonyl (C=O) groups is 1. The monoisotopic (exact) mass is 423 g/mol. The molecule has 1 amide bonds. The number of carbonyl (C=O) groups excluding carboxylic acids is 1. The highest BCUT2D eigenvalue weighted by Crippen LogP contribution is 2.25. The summed E-state index contributed by atoms with van der Waals surface area (Å²) in [6, 6.07) is 19.7. The lowest BCUT2D eigenvalue weighted by molar-refractivity contribution is -0.116. The summed E-state index contributed by atoms with van der Waals surface area (Å²) >= 11 is 0. The normalized spacial score (nSPS) is 15.8. The standard InChI is InChI=1S/C23H25N3O3S/c1-17(23(27)25-22-13-6-9-18-8-2-3-12-21(18)22)24-19-10-7-11-20(16-19)30(28,29)26-14-4-5-15-26/h2-3,6-13,16-17,24H,4-5,14-15H2,1H3,(H,25,27)/t17-/m1/s1. The van der Waals surface area contributed by atoms with Gasteiger partial charge in [-0.15, -0.1) is 0 Å². The molecule has 0 radical (unpaired) electrons. The molecule has 2 N–H and O–H groups in total. The molecule has 0 aromatic heterocycles. The van der Waals surface area contributed by atoms with Gasteiger partial charge >= 0.3 is 0 Å². The lowest BCUT2D eigenvalue weighted by Crippen LogP contribution is -2.32. The molecule has 0 unspecified atom stereocenters. The summed E-state index contributed by atoms with van der Waals surface area (Å²) in [5, 5.41) is 8.11. The Labute approximate surface area is 177 Å². The van der Waals surface area contributed by atoms with Gasteiger partial charge in [0.15, 0.2) is 0 Å². The Morgan fingerprint density at radius 2 is 1.67 bits per heavy atom. The minimum atomic E-state index is -3.50.